The van der Waals surface area contributed by atoms with Crippen molar-refractivity contribution in [2.75, 3.05) is 14.7 Å². The minimum atomic E-state index is 0.777. The summed E-state index contributed by atoms with van der Waals surface area (Å²) in [5, 5.41) is 4.22. The van der Waals surface area contributed by atoms with Gasteiger partial charge in [-0.2, -0.15) is 0 Å². The van der Waals surface area contributed by atoms with Crippen LogP contribution in [0, 0.1) is 0 Å². The summed E-state index contributed by atoms with van der Waals surface area (Å²) in [6.45, 7) is 0. The molecule has 72 heavy (non-hydrogen) atoms. The van der Waals surface area contributed by atoms with E-state index < -0.39 is 0 Å². The number of benzene rings is 11. The molecule has 1 aliphatic heterocycles. The van der Waals surface area contributed by atoms with Crippen molar-refractivity contribution in [3.05, 3.63) is 261 Å². The lowest BCUT2D eigenvalue weighted by Gasteiger charge is -2.35. The third kappa shape index (κ3) is 7.12. The highest BCUT2D eigenvalue weighted by atomic mass is 16.5. The van der Waals surface area contributed by atoms with Gasteiger partial charge >= 0.3 is 0 Å². The number of furan rings is 2. The first-order valence-corrected chi connectivity index (χ1v) is 24.2. The zero-order valence-corrected chi connectivity index (χ0v) is 38.9. The highest BCUT2D eigenvalue weighted by Crippen LogP contribution is 2.53. The van der Waals surface area contributed by atoms with E-state index in [1.54, 1.807) is 0 Å². The summed E-state index contributed by atoms with van der Waals surface area (Å²) in [7, 11) is 0. The van der Waals surface area contributed by atoms with E-state index in [0.29, 0.717) is 0 Å². The number of ether oxygens (including phenoxy) is 1. The first-order valence-electron chi connectivity index (χ1n) is 24.2. The Kier molecular flexibility index (Phi) is 9.74. The summed E-state index contributed by atoms with van der Waals surface area (Å²) in [6.07, 6.45) is 0. The molecule has 14 rings (SSSR count). The molecule has 0 unspecified atom stereocenters. The number of hydrogen-bond donors (Lipinski definition) is 0. The van der Waals surface area contributed by atoms with Gasteiger partial charge < -0.3 is 28.3 Å². The van der Waals surface area contributed by atoms with Gasteiger partial charge in [0, 0.05) is 44.3 Å². The van der Waals surface area contributed by atoms with Gasteiger partial charge in [0.15, 0.2) is 11.5 Å². The van der Waals surface area contributed by atoms with Gasteiger partial charge in [-0.15, -0.1) is 0 Å². The van der Waals surface area contributed by atoms with Gasteiger partial charge in [0.05, 0.1) is 28.4 Å². The number of anilines is 9. The smallest absolute Gasteiger partial charge is 0.151 e. The van der Waals surface area contributed by atoms with E-state index in [4.69, 9.17) is 13.6 Å². The van der Waals surface area contributed by atoms with Crippen LogP contribution in [-0.4, -0.2) is 0 Å². The van der Waals surface area contributed by atoms with Crippen molar-refractivity contribution >= 4 is 95.1 Å². The minimum Gasteiger partial charge on any atom is -0.456 e. The maximum atomic E-state index is 6.61. The van der Waals surface area contributed by atoms with Crippen LogP contribution in [0.4, 0.5) is 51.2 Å². The van der Waals surface area contributed by atoms with Crippen LogP contribution in [0.15, 0.2) is 270 Å². The quantitative estimate of drug-likeness (QED) is 0.144. The maximum Gasteiger partial charge on any atom is 0.151 e. The predicted octanol–water partition coefficient (Wildman–Crippen LogP) is 19.3. The average Bonchev–Trinajstić information content (AvgIpc) is 4.01. The summed E-state index contributed by atoms with van der Waals surface area (Å²) in [5.74, 6) is 1.55. The normalized spacial score (nSPS) is 12.0. The van der Waals surface area contributed by atoms with Gasteiger partial charge in [-0.05, 0) is 138 Å². The van der Waals surface area contributed by atoms with Crippen LogP contribution < -0.4 is 19.4 Å². The fourth-order valence-corrected chi connectivity index (χ4v) is 10.4. The SMILES string of the molecule is c1ccc(-c2ccc(N(c3cc(N(c4ccc(-c5ccccc5)cc4)c4ccc5oc6ccccc6c5c4)cc(N4c5ccccc5Oc5ccccc54)c3)c3ccc4oc5ccccc5c4c3)cc2)cc1. The fourth-order valence-electron chi connectivity index (χ4n) is 10.4. The second-order valence-corrected chi connectivity index (χ2v) is 18.1. The Balaban J connectivity index is 1.04. The minimum absolute atomic E-state index is 0.777. The van der Waals surface area contributed by atoms with Crippen LogP contribution in [0.2, 0.25) is 0 Å². The van der Waals surface area contributed by atoms with Gasteiger partial charge in [-0.3, -0.25) is 0 Å². The molecule has 1 aliphatic rings. The molecule has 0 saturated heterocycles. The number of hydrogen-bond acceptors (Lipinski definition) is 6. The Morgan fingerprint density at radius 1 is 0.264 bits per heavy atom. The molecule has 0 spiro atoms. The Morgan fingerprint density at radius 2 is 0.639 bits per heavy atom. The standard InChI is InChI=1S/C66H43N3O3/c1-3-15-44(16-4-1)46-27-31-48(32-28-46)67(50-35-37-63-57(42-50)55-19-7-11-23-61(55)70-63)52-39-53(41-54(40-52)69-59-21-9-13-25-65(59)72-66-26-14-10-22-60(66)69)68(49-33-29-47(30-34-49)45-17-5-2-6-18-45)51-36-38-64-58(43-51)56-20-8-12-24-62(56)71-64/h1-43H. The van der Waals surface area contributed by atoms with Crippen molar-refractivity contribution in [2.45, 2.75) is 0 Å². The molecule has 13 aromatic rings. The molecule has 0 amide bonds. The molecule has 6 nitrogen and oxygen atoms in total. The van der Waals surface area contributed by atoms with E-state index >= 15 is 0 Å². The lowest BCUT2D eigenvalue weighted by molar-refractivity contribution is 0.477. The molecule has 2 aromatic heterocycles. The molecular formula is C66H43N3O3. The van der Waals surface area contributed by atoms with Gasteiger partial charge in [0.25, 0.3) is 0 Å². The van der Waals surface area contributed by atoms with Crippen LogP contribution in [0.5, 0.6) is 11.5 Å². The highest BCUT2D eigenvalue weighted by Gasteiger charge is 2.29. The molecule has 0 bridgehead atoms. The van der Waals surface area contributed by atoms with E-state index in [2.05, 4.69) is 227 Å². The molecule has 0 radical (unpaired) electrons. The molecule has 11 aromatic carbocycles. The largest absolute Gasteiger partial charge is 0.456 e. The predicted molar refractivity (Wildman–Crippen MR) is 296 cm³/mol. The third-order valence-corrected chi connectivity index (χ3v) is 13.8. The van der Waals surface area contributed by atoms with Crippen molar-refractivity contribution < 1.29 is 13.6 Å². The Bertz CT molecular complexity index is 3880. The lowest BCUT2D eigenvalue weighted by atomic mass is 10.0. The number of para-hydroxylation sites is 6. The van der Waals surface area contributed by atoms with Crippen molar-refractivity contribution in [3.8, 4) is 33.8 Å². The molecule has 0 N–H and O–H groups in total. The average molecular weight is 926 g/mol. The third-order valence-electron chi connectivity index (χ3n) is 13.8. The molecule has 0 atom stereocenters. The van der Waals surface area contributed by atoms with Crippen molar-refractivity contribution in [3.63, 3.8) is 0 Å². The van der Waals surface area contributed by atoms with Crippen LogP contribution in [0.25, 0.3) is 66.1 Å². The van der Waals surface area contributed by atoms with Crippen LogP contribution in [0.3, 0.4) is 0 Å². The first-order chi connectivity index (χ1) is 35.7. The molecular weight excluding hydrogens is 883 g/mol. The lowest BCUT2D eigenvalue weighted by Crippen LogP contribution is -2.18. The monoisotopic (exact) mass is 925 g/mol. The molecule has 0 fully saturated rings. The summed E-state index contributed by atoms with van der Waals surface area (Å²) in [6, 6.07) is 91.9. The van der Waals surface area contributed by atoms with E-state index in [9.17, 15) is 0 Å². The van der Waals surface area contributed by atoms with Crippen LogP contribution in [-0.2, 0) is 0 Å². The van der Waals surface area contributed by atoms with Crippen molar-refractivity contribution in [1.29, 1.82) is 0 Å². The van der Waals surface area contributed by atoms with Gasteiger partial charge in [-0.1, -0.05) is 146 Å². The molecule has 0 aliphatic carbocycles. The van der Waals surface area contributed by atoms with E-state index in [0.717, 1.165) is 129 Å². The van der Waals surface area contributed by atoms with Crippen LogP contribution in [0.1, 0.15) is 0 Å². The molecule has 340 valence electrons. The van der Waals surface area contributed by atoms with Gasteiger partial charge in [0.2, 0.25) is 0 Å². The summed E-state index contributed by atoms with van der Waals surface area (Å²) in [5.41, 5.74) is 16.7. The van der Waals surface area contributed by atoms with E-state index in [1.807, 2.05) is 48.5 Å². The van der Waals surface area contributed by atoms with Crippen molar-refractivity contribution in [2.24, 2.45) is 0 Å². The Morgan fingerprint density at radius 3 is 1.11 bits per heavy atom. The molecule has 3 heterocycles. The summed E-state index contributed by atoms with van der Waals surface area (Å²) in [4.78, 5) is 7.06. The number of fused-ring (bicyclic) bond motifs is 8. The molecule has 0 saturated carbocycles. The maximum absolute atomic E-state index is 6.61. The van der Waals surface area contributed by atoms with Crippen molar-refractivity contribution in [1.82, 2.24) is 0 Å². The zero-order valence-electron chi connectivity index (χ0n) is 38.9. The zero-order chi connectivity index (χ0) is 47.5. The Labute approximate surface area is 416 Å². The number of rotatable bonds is 9. The number of nitrogens with zero attached hydrogens (tertiary/aromatic N) is 3. The van der Waals surface area contributed by atoms with E-state index in [-0.39, 0.29) is 0 Å². The highest BCUT2D eigenvalue weighted by molar-refractivity contribution is 6.08. The van der Waals surface area contributed by atoms with Crippen LogP contribution >= 0.6 is 0 Å². The van der Waals surface area contributed by atoms with Gasteiger partial charge in [-0.25, -0.2) is 0 Å². The fraction of sp³-hybridized carbons (Fsp3) is 0. The second-order valence-electron chi connectivity index (χ2n) is 18.1. The first kappa shape index (κ1) is 41.2. The summed E-state index contributed by atoms with van der Waals surface area (Å²) >= 11 is 0. The Hall–Kier alpha value is -9.78. The second kappa shape index (κ2) is 17.0. The molecule has 6 heteroatoms. The summed E-state index contributed by atoms with van der Waals surface area (Å²) < 4.78 is 19.4. The topological polar surface area (TPSA) is 45.2 Å². The van der Waals surface area contributed by atoms with E-state index in [1.165, 1.54) is 0 Å². The van der Waals surface area contributed by atoms with Gasteiger partial charge in [0.1, 0.15) is 22.3 Å².